The van der Waals surface area contributed by atoms with E-state index in [-0.39, 0.29) is 31.1 Å². The van der Waals surface area contributed by atoms with Crippen molar-refractivity contribution in [1.29, 1.82) is 0 Å². The van der Waals surface area contributed by atoms with Gasteiger partial charge < -0.3 is 15.4 Å². The third-order valence-electron chi connectivity index (χ3n) is 6.83. The van der Waals surface area contributed by atoms with Crippen molar-refractivity contribution in [2.45, 2.75) is 84.2 Å². The summed E-state index contributed by atoms with van der Waals surface area (Å²) in [5.41, 5.74) is 2.09. The number of aryl methyl sites for hydroxylation is 2. The first-order valence-corrected chi connectivity index (χ1v) is 16.0. The normalized spacial score (nSPS) is 11.9. The number of halogens is 1. The molecule has 4 rings (SSSR count). The number of amides is 2. The zero-order valence-electron chi connectivity index (χ0n) is 26.5. The van der Waals surface area contributed by atoms with Gasteiger partial charge in [0.1, 0.15) is 16.4 Å². The summed E-state index contributed by atoms with van der Waals surface area (Å²) in [4.78, 5) is 37.1. The molecule has 1 atom stereocenters. The molecule has 2 aromatic carbocycles. The van der Waals surface area contributed by atoms with Crippen LogP contribution in [0.5, 0.6) is 0 Å². The minimum atomic E-state index is -0.618. The molecule has 2 N–H and O–H groups in total. The number of esters is 1. The highest BCUT2D eigenvalue weighted by Gasteiger charge is 2.21. The van der Waals surface area contributed by atoms with E-state index in [4.69, 9.17) is 4.74 Å². The van der Waals surface area contributed by atoms with Crippen molar-refractivity contribution < 1.29 is 23.5 Å². The number of hydrogen-bond acceptors (Lipinski definition) is 9. The molecule has 46 heavy (non-hydrogen) atoms. The van der Waals surface area contributed by atoms with Crippen molar-refractivity contribution in [3.63, 3.8) is 0 Å². The maximum Gasteiger partial charge on any atom is 0.306 e. The molecule has 12 heteroatoms. The zero-order valence-corrected chi connectivity index (χ0v) is 27.3. The maximum atomic E-state index is 14.5. The average molecular weight is 647 g/mol. The number of nitrogens with zero attached hydrogens (tertiary/aromatic N) is 4. The van der Waals surface area contributed by atoms with E-state index in [0.29, 0.717) is 28.5 Å². The first-order chi connectivity index (χ1) is 21.9. The number of carbonyl (C=O) groups is 3. The number of unbranched alkanes of at least 4 members (excludes halogenated alkanes) is 1. The Hall–Kier alpha value is -4.58. The fourth-order valence-corrected chi connectivity index (χ4v) is 5.49. The first-order valence-electron chi connectivity index (χ1n) is 15.2. The van der Waals surface area contributed by atoms with Crippen LogP contribution >= 0.6 is 11.3 Å². The monoisotopic (exact) mass is 646 g/mol. The first kappa shape index (κ1) is 34.3. The van der Waals surface area contributed by atoms with Gasteiger partial charge >= 0.3 is 5.97 Å². The summed E-state index contributed by atoms with van der Waals surface area (Å²) in [7, 11) is 0. The van der Waals surface area contributed by atoms with Gasteiger partial charge in [0.2, 0.25) is 16.9 Å². The lowest BCUT2D eigenvalue weighted by Gasteiger charge is -2.21. The quantitative estimate of drug-likeness (QED) is 0.122. The van der Waals surface area contributed by atoms with Crippen molar-refractivity contribution in [2.75, 3.05) is 10.6 Å². The van der Waals surface area contributed by atoms with Gasteiger partial charge in [0, 0.05) is 6.42 Å². The largest absolute Gasteiger partial charge is 0.460 e. The van der Waals surface area contributed by atoms with Crippen LogP contribution in [0, 0.1) is 5.82 Å². The number of carbonyl (C=O) groups excluding carboxylic acids is 3. The Kier molecular flexibility index (Phi) is 12.0. The zero-order chi connectivity index (χ0) is 33.1. The van der Waals surface area contributed by atoms with E-state index in [2.05, 4.69) is 31.0 Å². The molecule has 0 aliphatic carbocycles. The van der Waals surface area contributed by atoms with Crippen LogP contribution in [0.25, 0.3) is 0 Å². The van der Waals surface area contributed by atoms with Crippen molar-refractivity contribution in [1.82, 2.24) is 20.4 Å². The smallest absolute Gasteiger partial charge is 0.306 e. The van der Waals surface area contributed by atoms with Gasteiger partial charge in [0.05, 0.1) is 25.0 Å². The van der Waals surface area contributed by atoms with E-state index < -0.39 is 23.3 Å². The lowest BCUT2D eigenvalue weighted by atomic mass is 9.94. The molecule has 0 spiro atoms. The molecule has 0 radical (unpaired) electrons. The number of ether oxygens (including phenoxy) is 1. The van der Waals surface area contributed by atoms with E-state index in [1.807, 2.05) is 36.4 Å². The molecule has 0 fully saturated rings. The molecule has 0 bridgehead atoms. The summed E-state index contributed by atoms with van der Waals surface area (Å²) >= 11 is 1.37. The molecule has 2 heterocycles. The number of hydrogen-bond donors (Lipinski definition) is 2. The summed E-state index contributed by atoms with van der Waals surface area (Å²) in [6.45, 7) is 7.10. The predicted molar refractivity (Wildman–Crippen MR) is 175 cm³/mol. The number of nitrogens with one attached hydrogen (secondary N) is 2. The van der Waals surface area contributed by atoms with E-state index in [1.54, 1.807) is 45.9 Å². The Bertz CT molecular complexity index is 1620. The average Bonchev–Trinajstić information content (AvgIpc) is 3.43. The minimum Gasteiger partial charge on any atom is -0.460 e. The van der Waals surface area contributed by atoms with Gasteiger partial charge in [-0.05, 0) is 80.8 Å². The van der Waals surface area contributed by atoms with Crippen LogP contribution in [0.2, 0.25) is 0 Å². The lowest BCUT2D eigenvalue weighted by molar-refractivity contribution is -0.155. The Morgan fingerprint density at radius 3 is 2.28 bits per heavy atom. The fourth-order valence-electron chi connectivity index (χ4n) is 4.69. The van der Waals surface area contributed by atoms with Crippen LogP contribution in [0.4, 0.5) is 15.3 Å². The number of aromatic nitrogens is 4. The van der Waals surface area contributed by atoms with Crippen molar-refractivity contribution in [2.24, 2.45) is 0 Å². The molecule has 0 aliphatic rings. The molecule has 4 aromatic rings. The van der Waals surface area contributed by atoms with Gasteiger partial charge in [-0.2, -0.15) is 5.10 Å². The van der Waals surface area contributed by atoms with Crippen LogP contribution in [-0.2, 0) is 44.8 Å². The topological polar surface area (TPSA) is 136 Å². The van der Waals surface area contributed by atoms with Crippen LogP contribution in [0.3, 0.4) is 0 Å². The summed E-state index contributed by atoms with van der Waals surface area (Å²) in [5.74, 6) is -1.37. The van der Waals surface area contributed by atoms with E-state index in [9.17, 15) is 18.8 Å². The molecular weight excluding hydrogens is 607 g/mol. The molecule has 0 aliphatic heterocycles. The van der Waals surface area contributed by atoms with E-state index in [0.717, 1.165) is 35.5 Å². The summed E-state index contributed by atoms with van der Waals surface area (Å²) in [6, 6.07) is 17.5. The van der Waals surface area contributed by atoms with Gasteiger partial charge in [0.25, 0.3) is 0 Å². The Labute approximate surface area is 272 Å². The van der Waals surface area contributed by atoms with Crippen LogP contribution in [-0.4, -0.2) is 43.8 Å². The van der Waals surface area contributed by atoms with Gasteiger partial charge in [-0.25, -0.2) is 4.39 Å². The number of anilines is 2. The van der Waals surface area contributed by atoms with E-state index in [1.165, 1.54) is 17.4 Å². The van der Waals surface area contributed by atoms with Gasteiger partial charge in [-0.1, -0.05) is 60.7 Å². The molecule has 1 unspecified atom stereocenters. The van der Waals surface area contributed by atoms with Gasteiger partial charge in [-0.3, -0.25) is 14.4 Å². The second-order valence-electron chi connectivity index (χ2n) is 12.1. The van der Waals surface area contributed by atoms with Crippen molar-refractivity contribution in [3.8, 4) is 0 Å². The maximum absolute atomic E-state index is 14.5. The Balaban J connectivity index is 1.18. The van der Waals surface area contributed by atoms with Crippen molar-refractivity contribution >= 4 is 40.1 Å². The lowest BCUT2D eigenvalue weighted by Crippen LogP contribution is -2.24. The second kappa shape index (κ2) is 16.1. The minimum absolute atomic E-state index is 0.0138. The van der Waals surface area contributed by atoms with Crippen LogP contribution in [0.15, 0.2) is 60.7 Å². The molecule has 10 nitrogen and oxygen atoms in total. The Morgan fingerprint density at radius 1 is 0.848 bits per heavy atom. The molecule has 2 amide bonds. The summed E-state index contributed by atoms with van der Waals surface area (Å²) < 4.78 is 19.9. The van der Waals surface area contributed by atoms with Crippen LogP contribution in [0.1, 0.15) is 80.3 Å². The third-order valence-corrected chi connectivity index (χ3v) is 7.73. The SMILES string of the molecule is CC(CC(=O)OC(C)(C)C)c1cc(CC(=O)Nc2ccc(CCCCc3nnc(NC(=O)Cc4ccccc4)s3)nn2)ccc1F. The van der Waals surface area contributed by atoms with Crippen molar-refractivity contribution in [3.05, 3.63) is 93.9 Å². The predicted octanol–water partition coefficient (Wildman–Crippen LogP) is 6.23. The molecular formula is C34H39FN6O4S. The third kappa shape index (κ3) is 11.4. The highest BCUT2D eigenvalue weighted by atomic mass is 32.1. The Morgan fingerprint density at radius 2 is 1.57 bits per heavy atom. The fraction of sp³-hybridized carbons (Fsp3) is 0.382. The summed E-state index contributed by atoms with van der Waals surface area (Å²) in [5, 5.41) is 23.5. The summed E-state index contributed by atoms with van der Waals surface area (Å²) in [6.07, 6.45) is 3.49. The highest BCUT2D eigenvalue weighted by molar-refractivity contribution is 7.15. The van der Waals surface area contributed by atoms with Gasteiger partial charge in [0.15, 0.2) is 5.82 Å². The number of rotatable bonds is 14. The number of benzene rings is 2. The second-order valence-corrected chi connectivity index (χ2v) is 13.2. The standard InChI is InChI=1S/C34H39FN6O4S/c1-22(18-32(44)45-34(2,3)4)26-19-24(14-16-27(26)35)21-29(42)36-28-17-15-25(38-39-28)12-8-9-13-31-40-41-33(46-31)37-30(43)20-23-10-6-5-7-11-23/h5-7,10-11,14-17,19,22H,8-9,12-13,18,20-21H2,1-4H3,(H,36,39,42)(H,37,41,43). The molecule has 242 valence electrons. The van der Waals surface area contributed by atoms with E-state index >= 15 is 0 Å². The molecule has 0 saturated carbocycles. The highest BCUT2D eigenvalue weighted by Crippen LogP contribution is 2.25. The van der Waals surface area contributed by atoms with Crippen LogP contribution < -0.4 is 10.6 Å². The van der Waals surface area contributed by atoms with Gasteiger partial charge in [-0.15, -0.1) is 15.3 Å². The molecule has 0 saturated heterocycles. The molecule has 2 aromatic heterocycles.